The average molecular weight is 443 g/mol. The van der Waals surface area contributed by atoms with E-state index in [9.17, 15) is 22.8 Å². The van der Waals surface area contributed by atoms with Gasteiger partial charge < -0.3 is 15.1 Å². The molecule has 7 nitrogen and oxygen atoms in total. The fourth-order valence-corrected chi connectivity index (χ4v) is 4.15. The number of hydrogen-bond donors (Lipinski definition) is 1. The molecule has 3 amide bonds. The van der Waals surface area contributed by atoms with Crippen LogP contribution in [0.4, 0.5) is 18.0 Å². The van der Waals surface area contributed by atoms with Crippen molar-refractivity contribution >= 4 is 33.5 Å². The highest BCUT2D eigenvalue weighted by Gasteiger charge is 2.30. The molecule has 2 aromatic rings. The van der Waals surface area contributed by atoms with Crippen LogP contribution in [0.25, 0.3) is 10.2 Å². The van der Waals surface area contributed by atoms with Crippen molar-refractivity contribution in [2.75, 3.05) is 53.4 Å². The van der Waals surface area contributed by atoms with Gasteiger partial charge in [0.1, 0.15) is 0 Å². The summed E-state index contributed by atoms with van der Waals surface area (Å²) in [4.78, 5) is 33.6. The molecule has 1 fully saturated rings. The standard InChI is InChI=1S/C19H24F3N5O2S/c1-25(2)18(29)27-9-7-26(8-10-27)12-16(28)23-6-5-17-24-14-11-13(19(20,21)22)3-4-15(14)30-17/h3-4,11H,5-10,12H2,1-2H3,(H,23,28). The Bertz CT molecular complexity index is 907. The summed E-state index contributed by atoms with van der Waals surface area (Å²) in [6, 6.07) is 3.50. The normalized spacial score (nSPS) is 15.4. The van der Waals surface area contributed by atoms with Crippen molar-refractivity contribution in [3.05, 3.63) is 28.8 Å². The van der Waals surface area contributed by atoms with E-state index in [-0.39, 0.29) is 18.5 Å². The molecule has 11 heteroatoms. The van der Waals surface area contributed by atoms with Crippen LogP contribution in [0.5, 0.6) is 0 Å². The SMILES string of the molecule is CN(C)C(=O)N1CCN(CC(=O)NCCc2nc3cc(C(F)(F)F)ccc3s2)CC1. The lowest BCUT2D eigenvalue weighted by Crippen LogP contribution is -2.53. The highest BCUT2D eigenvalue weighted by atomic mass is 32.1. The van der Waals surface area contributed by atoms with Gasteiger partial charge in [0, 0.05) is 53.2 Å². The van der Waals surface area contributed by atoms with Gasteiger partial charge in [-0.3, -0.25) is 9.69 Å². The fraction of sp³-hybridized carbons (Fsp3) is 0.526. The molecule has 1 aromatic carbocycles. The highest BCUT2D eigenvalue weighted by Crippen LogP contribution is 2.32. The summed E-state index contributed by atoms with van der Waals surface area (Å²) in [7, 11) is 3.42. The number of halogens is 3. The Morgan fingerprint density at radius 2 is 1.90 bits per heavy atom. The first-order valence-corrected chi connectivity index (χ1v) is 10.4. The lowest BCUT2D eigenvalue weighted by Gasteiger charge is -2.35. The average Bonchev–Trinajstić information content (AvgIpc) is 3.09. The Labute approximate surface area is 176 Å². The van der Waals surface area contributed by atoms with Gasteiger partial charge >= 0.3 is 12.2 Å². The van der Waals surface area contributed by atoms with E-state index < -0.39 is 11.7 Å². The van der Waals surface area contributed by atoms with E-state index in [0.717, 1.165) is 12.1 Å². The number of nitrogens with one attached hydrogen (secondary N) is 1. The Hall–Kier alpha value is -2.40. The molecule has 30 heavy (non-hydrogen) atoms. The summed E-state index contributed by atoms with van der Waals surface area (Å²) in [5, 5.41) is 3.51. The molecule has 0 aliphatic carbocycles. The Morgan fingerprint density at radius 1 is 1.20 bits per heavy atom. The summed E-state index contributed by atoms with van der Waals surface area (Å²) in [5.74, 6) is -0.122. The third-order valence-corrected chi connectivity index (χ3v) is 5.91. The second kappa shape index (κ2) is 9.17. The van der Waals surface area contributed by atoms with Gasteiger partial charge in [-0.2, -0.15) is 13.2 Å². The second-order valence-corrected chi connectivity index (χ2v) is 8.44. The molecule has 0 unspecified atom stereocenters. The summed E-state index contributed by atoms with van der Waals surface area (Å²) in [6.45, 7) is 3.04. The molecule has 0 saturated carbocycles. The van der Waals surface area contributed by atoms with E-state index >= 15 is 0 Å². The number of amides is 3. The van der Waals surface area contributed by atoms with Crippen LogP contribution in [0.3, 0.4) is 0 Å². The van der Waals surface area contributed by atoms with E-state index in [4.69, 9.17) is 0 Å². The van der Waals surface area contributed by atoms with Gasteiger partial charge in [-0.05, 0) is 18.2 Å². The molecule has 0 atom stereocenters. The molecule has 0 bridgehead atoms. The zero-order valence-electron chi connectivity index (χ0n) is 16.8. The number of benzene rings is 1. The molecule has 2 heterocycles. The van der Waals surface area contributed by atoms with Crippen LogP contribution < -0.4 is 5.32 Å². The predicted octanol–water partition coefficient (Wildman–Crippen LogP) is 2.27. The highest BCUT2D eigenvalue weighted by molar-refractivity contribution is 7.18. The Kier molecular flexibility index (Phi) is 6.81. The fourth-order valence-electron chi connectivity index (χ4n) is 3.21. The van der Waals surface area contributed by atoms with Gasteiger partial charge in [0.05, 0.1) is 27.3 Å². The molecule has 1 aliphatic heterocycles. The van der Waals surface area contributed by atoms with Crippen LogP contribution in [0.2, 0.25) is 0 Å². The molecule has 1 N–H and O–H groups in total. The lowest BCUT2D eigenvalue weighted by molar-refractivity contribution is -0.137. The summed E-state index contributed by atoms with van der Waals surface area (Å²) in [6.07, 6.45) is -3.94. The summed E-state index contributed by atoms with van der Waals surface area (Å²) >= 11 is 1.33. The van der Waals surface area contributed by atoms with Gasteiger partial charge in [-0.1, -0.05) is 0 Å². The maximum atomic E-state index is 12.8. The smallest absolute Gasteiger partial charge is 0.355 e. The maximum Gasteiger partial charge on any atom is 0.416 e. The largest absolute Gasteiger partial charge is 0.416 e. The van der Waals surface area contributed by atoms with Crippen LogP contribution in [0.15, 0.2) is 18.2 Å². The van der Waals surface area contributed by atoms with E-state index in [1.807, 2.05) is 4.90 Å². The quantitative estimate of drug-likeness (QED) is 0.770. The van der Waals surface area contributed by atoms with E-state index in [0.29, 0.717) is 54.4 Å². The molecular formula is C19H24F3N5O2S. The van der Waals surface area contributed by atoms with Gasteiger partial charge in [0.15, 0.2) is 0 Å². The number of carbonyl (C=O) groups excluding carboxylic acids is 2. The number of piperazine rings is 1. The third-order valence-electron chi connectivity index (χ3n) is 4.81. The van der Waals surface area contributed by atoms with Gasteiger partial charge in [-0.15, -0.1) is 11.3 Å². The molecule has 1 aromatic heterocycles. The van der Waals surface area contributed by atoms with Crippen LogP contribution in [0.1, 0.15) is 10.6 Å². The molecule has 0 radical (unpaired) electrons. The number of thiazole rings is 1. The molecule has 164 valence electrons. The van der Waals surface area contributed by atoms with Crippen molar-refractivity contribution in [2.24, 2.45) is 0 Å². The zero-order valence-corrected chi connectivity index (χ0v) is 17.6. The molecule has 1 saturated heterocycles. The Balaban J connectivity index is 1.43. The lowest BCUT2D eigenvalue weighted by atomic mass is 10.2. The monoisotopic (exact) mass is 443 g/mol. The number of nitrogens with zero attached hydrogens (tertiary/aromatic N) is 4. The molecule has 1 aliphatic rings. The first-order valence-electron chi connectivity index (χ1n) is 9.55. The maximum absolute atomic E-state index is 12.8. The first-order chi connectivity index (χ1) is 14.1. The van der Waals surface area contributed by atoms with Crippen molar-refractivity contribution in [3.63, 3.8) is 0 Å². The minimum absolute atomic E-state index is 0.0303. The van der Waals surface area contributed by atoms with Crippen molar-refractivity contribution in [1.29, 1.82) is 0 Å². The summed E-state index contributed by atoms with van der Waals surface area (Å²) < 4.78 is 39.1. The molecule has 3 rings (SSSR count). The second-order valence-electron chi connectivity index (χ2n) is 7.33. The van der Waals surface area contributed by atoms with E-state index in [1.165, 1.54) is 22.3 Å². The van der Waals surface area contributed by atoms with Crippen molar-refractivity contribution in [1.82, 2.24) is 25.0 Å². The van der Waals surface area contributed by atoms with Crippen LogP contribution in [-0.4, -0.2) is 85.0 Å². The number of rotatable bonds is 5. The summed E-state index contributed by atoms with van der Waals surface area (Å²) in [5.41, 5.74) is -0.395. The van der Waals surface area contributed by atoms with Crippen molar-refractivity contribution < 1.29 is 22.8 Å². The minimum Gasteiger partial charge on any atom is -0.355 e. The number of alkyl halides is 3. The topological polar surface area (TPSA) is 68.8 Å². The van der Waals surface area contributed by atoms with Gasteiger partial charge in [0.2, 0.25) is 5.91 Å². The van der Waals surface area contributed by atoms with Crippen molar-refractivity contribution in [2.45, 2.75) is 12.6 Å². The van der Waals surface area contributed by atoms with Gasteiger partial charge in [-0.25, -0.2) is 9.78 Å². The number of aromatic nitrogens is 1. The van der Waals surface area contributed by atoms with E-state index in [2.05, 4.69) is 10.3 Å². The molecular weight excluding hydrogens is 419 g/mol. The number of urea groups is 1. The van der Waals surface area contributed by atoms with E-state index in [1.54, 1.807) is 19.0 Å². The van der Waals surface area contributed by atoms with Gasteiger partial charge in [0.25, 0.3) is 0 Å². The number of carbonyl (C=O) groups is 2. The third kappa shape index (κ3) is 5.60. The van der Waals surface area contributed by atoms with Crippen LogP contribution in [0, 0.1) is 0 Å². The van der Waals surface area contributed by atoms with Crippen LogP contribution in [-0.2, 0) is 17.4 Å². The minimum atomic E-state index is -4.39. The first kappa shape index (κ1) is 22.3. The zero-order chi connectivity index (χ0) is 21.9. The molecule has 0 spiro atoms. The number of fused-ring (bicyclic) bond motifs is 1. The van der Waals surface area contributed by atoms with Crippen molar-refractivity contribution in [3.8, 4) is 0 Å². The Morgan fingerprint density at radius 3 is 2.53 bits per heavy atom. The predicted molar refractivity (Wildman–Crippen MR) is 108 cm³/mol. The number of hydrogen-bond acceptors (Lipinski definition) is 5. The van der Waals surface area contributed by atoms with Crippen LogP contribution >= 0.6 is 11.3 Å².